The predicted octanol–water partition coefficient (Wildman–Crippen LogP) is 0.969. The minimum Gasteiger partial charge on any atom is -0.338 e. The molecule has 0 bridgehead atoms. The molecule has 0 N–H and O–H groups in total. The van der Waals surface area contributed by atoms with Crippen molar-refractivity contribution in [2.45, 2.75) is 29.9 Å². The van der Waals surface area contributed by atoms with Crippen molar-refractivity contribution >= 4 is 21.6 Å². The monoisotopic (exact) mass is 421 g/mol. The summed E-state index contributed by atoms with van der Waals surface area (Å²) in [4.78, 5) is 17.3. The molecule has 29 heavy (non-hydrogen) atoms. The molecule has 1 aliphatic carbocycles. The molecule has 3 fully saturated rings. The molecule has 0 atom stereocenters. The van der Waals surface area contributed by atoms with E-state index in [0.29, 0.717) is 69.5 Å². The van der Waals surface area contributed by atoms with E-state index in [4.69, 9.17) is 9.47 Å². The second kappa shape index (κ2) is 7.02. The van der Waals surface area contributed by atoms with E-state index in [1.165, 1.54) is 4.31 Å². The maximum Gasteiger partial charge on any atom is 0.292 e. The highest BCUT2D eigenvalue weighted by Gasteiger charge is 2.56. The zero-order valence-electron chi connectivity index (χ0n) is 16.7. The number of carbonyl (C=O) groups is 1. The molecule has 3 aliphatic heterocycles. The molecule has 0 unspecified atom stereocenters. The number of piperazine rings is 1. The first kappa shape index (κ1) is 19.4. The van der Waals surface area contributed by atoms with Crippen LogP contribution in [0.5, 0.6) is 0 Å². The number of nitrogens with zero attached hydrogens (tertiary/aromatic N) is 3. The quantitative estimate of drug-likeness (QED) is 0.721. The Labute approximate surface area is 171 Å². The molecule has 1 aromatic carbocycles. The van der Waals surface area contributed by atoms with Crippen LogP contribution in [0.25, 0.3) is 0 Å². The predicted molar refractivity (Wildman–Crippen MR) is 106 cm³/mol. The van der Waals surface area contributed by atoms with E-state index in [2.05, 4.69) is 4.90 Å². The largest absolute Gasteiger partial charge is 0.338 e. The number of benzene rings is 1. The number of ether oxygens (including phenoxy) is 2. The lowest BCUT2D eigenvalue weighted by Gasteiger charge is -2.33. The Bertz CT molecular complexity index is 916. The lowest BCUT2D eigenvalue weighted by molar-refractivity contribution is -0.256. The maximum atomic E-state index is 13.3. The normalized spacial score (nSPS) is 25.6. The summed E-state index contributed by atoms with van der Waals surface area (Å²) in [6.45, 7) is 3.78. The summed E-state index contributed by atoms with van der Waals surface area (Å²) in [6.07, 6.45) is 2.94. The molecule has 9 heteroatoms. The summed E-state index contributed by atoms with van der Waals surface area (Å²) in [5.74, 6) is -1.23. The number of anilines is 1. The van der Waals surface area contributed by atoms with Gasteiger partial charge in [0.2, 0.25) is 10.0 Å². The Hall–Kier alpha value is -1.52. The first-order chi connectivity index (χ1) is 13.9. The van der Waals surface area contributed by atoms with Crippen molar-refractivity contribution in [3.05, 3.63) is 23.8 Å². The summed E-state index contributed by atoms with van der Waals surface area (Å²) in [6, 6.07) is 4.95. The number of hydrogen-bond donors (Lipinski definition) is 0. The van der Waals surface area contributed by atoms with Gasteiger partial charge in [0, 0.05) is 38.3 Å². The highest BCUT2D eigenvalue weighted by atomic mass is 32.2. The van der Waals surface area contributed by atoms with Crippen molar-refractivity contribution in [3.63, 3.8) is 0 Å². The van der Waals surface area contributed by atoms with Gasteiger partial charge in [-0.05, 0) is 50.4 Å². The molecule has 1 saturated carbocycles. The fourth-order valence-electron chi connectivity index (χ4n) is 4.31. The summed E-state index contributed by atoms with van der Waals surface area (Å²) in [5.41, 5.74) is 1.24. The molecule has 3 heterocycles. The molecule has 8 nitrogen and oxygen atoms in total. The summed E-state index contributed by atoms with van der Waals surface area (Å²) in [5, 5.41) is 0. The lowest BCUT2D eigenvalue weighted by Crippen LogP contribution is -2.48. The smallest absolute Gasteiger partial charge is 0.292 e. The highest BCUT2D eigenvalue weighted by Crippen LogP contribution is 2.47. The van der Waals surface area contributed by atoms with Gasteiger partial charge in [-0.3, -0.25) is 4.79 Å². The van der Waals surface area contributed by atoms with E-state index >= 15 is 0 Å². The Morgan fingerprint density at radius 2 is 1.79 bits per heavy atom. The highest BCUT2D eigenvalue weighted by molar-refractivity contribution is 7.89. The molecule has 4 aliphatic rings. The summed E-state index contributed by atoms with van der Waals surface area (Å²) < 4.78 is 39.8. The van der Waals surface area contributed by atoms with Gasteiger partial charge in [-0.1, -0.05) is 0 Å². The zero-order chi connectivity index (χ0) is 20.2. The van der Waals surface area contributed by atoms with Crippen LogP contribution in [0.2, 0.25) is 0 Å². The minimum atomic E-state index is -3.64. The van der Waals surface area contributed by atoms with Gasteiger partial charge in [-0.2, -0.15) is 4.31 Å². The molecule has 1 amide bonds. The van der Waals surface area contributed by atoms with Crippen LogP contribution in [0.4, 0.5) is 5.69 Å². The van der Waals surface area contributed by atoms with Gasteiger partial charge in [0.15, 0.2) is 0 Å². The van der Waals surface area contributed by atoms with Gasteiger partial charge in [0.25, 0.3) is 11.7 Å². The molecule has 0 radical (unpaired) electrons. The van der Waals surface area contributed by atoms with Crippen LogP contribution in [0.15, 0.2) is 23.1 Å². The van der Waals surface area contributed by atoms with E-state index < -0.39 is 15.8 Å². The van der Waals surface area contributed by atoms with Gasteiger partial charge < -0.3 is 19.3 Å². The van der Waals surface area contributed by atoms with Crippen molar-refractivity contribution in [3.8, 4) is 0 Å². The van der Waals surface area contributed by atoms with Crippen LogP contribution in [0.1, 0.15) is 24.8 Å². The van der Waals surface area contributed by atoms with Crippen molar-refractivity contribution in [2.75, 3.05) is 57.9 Å². The van der Waals surface area contributed by atoms with Gasteiger partial charge in [-0.15, -0.1) is 0 Å². The molecule has 0 aromatic heterocycles. The first-order valence-electron chi connectivity index (χ1n) is 10.3. The zero-order valence-corrected chi connectivity index (χ0v) is 17.5. The summed E-state index contributed by atoms with van der Waals surface area (Å²) >= 11 is 0. The van der Waals surface area contributed by atoms with Gasteiger partial charge in [0.1, 0.15) is 0 Å². The maximum absolute atomic E-state index is 13.3. The number of rotatable bonds is 4. The third kappa shape index (κ3) is 3.19. The molecule has 5 rings (SSSR count). The van der Waals surface area contributed by atoms with Crippen LogP contribution in [0, 0.1) is 5.92 Å². The Morgan fingerprint density at radius 1 is 1.10 bits per heavy atom. The Balaban J connectivity index is 1.54. The fraction of sp³-hybridized carbons (Fsp3) is 0.650. The van der Waals surface area contributed by atoms with Crippen LogP contribution in [-0.2, 0) is 30.1 Å². The standard InChI is InChI=1S/C20H27N3O5S/c1-21-7-9-22(10-8-21)29(25,26)16-5-6-18-17(13-16)20(27-11-2-12-28-20)19(24)23(18)14-15-3-4-15/h5-6,13,15H,2-4,7-12,14H2,1H3. The number of sulfonamides is 1. The Morgan fingerprint density at radius 3 is 2.45 bits per heavy atom. The van der Waals surface area contributed by atoms with Gasteiger partial charge in [0.05, 0.1) is 23.8 Å². The third-order valence-corrected chi connectivity index (χ3v) is 8.17. The number of likely N-dealkylation sites (N-methyl/N-ethyl adjacent to an activating group) is 1. The van der Waals surface area contributed by atoms with Crippen molar-refractivity contribution in [1.82, 2.24) is 9.21 Å². The number of hydrogen-bond acceptors (Lipinski definition) is 6. The number of fused-ring (bicyclic) bond motifs is 2. The second-order valence-electron chi connectivity index (χ2n) is 8.41. The molecule has 1 aromatic rings. The molecule has 1 spiro atoms. The fourth-order valence-corrected chi connectivity index (χ4v) is 5.75. The van der Waals surface area contributed by atoms with Crippen LogP contribution < -0.4 is 4.90 Å². The van der Waals surface area contributed by atoms with Crippen LogP contribution in [0.3, 0.4) is 0 Å². The van der Waals surface area contributed by atoms with E-state index in [9.17, 15) is 13.2 Å². The van der Waals surface area contributed by atoms with Crippen LogP contribution >= 0.6 is 0 Å². The SMILES string of the molecule is CN1CCN(S(=O)(=O)c2ccc3c(c2)C2(OCCCO2)C(=O)N3CC2CC2)CC1. The molecular formula is C20H27N3O5S. The minimum absolute atomic E-state index is 0.194. The van der Waals surface area contributed by atoms with E-state index in [1.807, 2.05) is 7.05 Å². The second-order valence-corrected chi connectivity index (χ2v) is 10.4. The average molecular weight is 422 g/mol. The van der Waals surface area contributed by atoms with E-state index in [1.54, 1.807) is 23.1 Å². The summed E-state index contributed by atoms with van der Waals surface area (Å²) in [7, 11) is -1.66. The van der Waals surface area contributed by atoms with Crippen LogP contribution in [-0.4, -0.2) is 76.5 Å². The molecule has 158 valence electrons. The molecule has 2 saturated heterocycles. The van der Waals surface area contributed by atoms with Gasteiger partial charge in [-0.25, -0.2) is 8.42 Å². The van der Waals surface area contributed by atoms with Crippen molar-refractivity contribution < 1.29 is 22.7 Å². The number of carbonyl (C=O) groups excluding carboxylic acids is 1. The lowest BCUT2D eigenvalue weighted by atomic mass is 10.1. The van der Waals surface area contributed by atoms with Crippen molar-refractivity contribution in [1.29, 1.82) is 0 Å². The van der Waals surface area contributed by atoms with E-state index in [0.717, 1.165) is 12.8 Å². The Kier molecular flexibility index (Phi) is 4.71. The molecular weight excluding hydrogens is 394 g/mol. The number of amides is 1. The van der Waals surface area contributed by atoms with Crippen molar-refractivity contribution in [2.24, 2.45) is 5.92 Å². The van der Waals surface area contributed by atoms with Gasteiger partial charge >= 0.3 is 0 Å². The van der Waals surface area contributed by atoms with E-state index in [-0.39, 0.29) is 10.8 Å². The third-order valence-electron chi connectivity index (χ3n) is 6.28. The average Bonchev–Trinajstić information content (AvgIpc) is 3.53. The topological polar surface area (TPSA) is 79.4 Å². The first-order valence-corrected chi connectivity index (χ1v) is 11.8.